The molecule has 2 amide bonds. The highest BCUT2D eigenvalue weighted by Crippen LogP contribution is 2.18. The van der Waals surface area contributed by atoms with E-state index in [2.05, 4.69) is 15.6 Å². The zero-order valence-corrected chi connectivity index (χ0v) is 12.4. The summed E-state index contributed by atoms with van der Waals surface area (Å²) in [6, 6.07) is 2.55. The molecule has 0 aliphatic carbocycles. The highest BCUT2D eigenvalue weighted by molar-refractivity contribution is 6.32. The maximum Gasteiger partial charge on any atom is 0.319 e. The van der Waals surface area contributed by atoms with Crippen molar-refractivity contribution >= 4 is 40.9 Å². The number of halogens is 2. The Morgan fingerprint density at radius 3 is 2.55 bits per heavy atom. The Bertz CT molecular complexity index is 463. The number of hydrogen-bond donors (Lipinski definition) is 2. The maximum absolute atomic E-state index is 11.6. The van der Waals surface area contributed by atoms with E-state index < -0.39 is 6.03 Å². The Labute approximate surface area is 126 Å². The third-order valence-corrected chi connectivity index (χ3v) is 2.56. The third-order valence-electron chi connectivity index (χ3n) is 2.17. The molecule has 2 N–H and O–H groups in total. The van der Waals surface area contributed by atoms with Crippen molar-refractivity contribution in [1.29, 1.82) is 0 Å². The molecule has 0 radical (unpaired) electrons. The number of aromatic nitrogens is 1. The van der Waals surface area contributed by atoms with Crippen LogP contribution in [0.2, 0.25) is 10.3 Å². The largest absolute Gasteiger partial charge is 0.466 e. The first kappa shape index (κ1) is 16.5. The van der Waals surface area contributed by atoms with Gasteiger partial charge >= 0.3 is 12.0 Å². The second-order valence-corrected chi connectivity index (χ2v) is 4.57. The van der Waals surface area contributed by atoms with E-state index in [0.717, 1.165) is 0 Å². The summed E-state index contributed by atoms with van der Waals surface area (Å²) in [5, 5.41) is 5.54. The van der Waals surface area contributed by atoms with Crippen LogP contribution in [0.25, 0.3) is 0 Å². The number of carbonyl (C=O) groups excluding carboxylic acids is 2. The molecule has 6 nitrogen and oxygen atoms in total. The van der Waals surface area contributed by atoms with Crippen LogP contribution in [0.1, 0.15) is 19.8 Å². The van der Waals surface area contributed by atoms with E-state index in [-0.39, 0.29) is 22.7 Å². The highest BCUT2D eigenvalue weighted by atomic mass is 35.5. The van der Waals surface area contributed by atoms with Gasteiger partial charge in [-0.3, -0.25) is 4.79 Å². The van der Waals surface area contributed by atoms with Gasteiger partial charge in [0.2, 0.25) is 0 Å². The summed E-state index contributed by atoms with van der Waals surface area (Å²) >= 11 is 11.4. The van der Waals surface area contributed by atoms with E-state index in [1.807, 2.05) is 0 Å². The van der Waals surface area contributed by atoms with Gasteiger partial charge in [0, 0.05) is 18.7 Å². The van der Waals surface area contributed by atoms with Gasteiger partial charge in [-0.25, -0.2) is 9.78 Å². The Morgan fingerprint density at radius 2 is 1.95 bits per heavy atom. The Morgan fingerprint density at radius 1 is 1.30 bits per heavy atom. The Kier molecular flexibility index (Phi) is 7.11. The minimum atomic E-state index is -0.410. The average molecular weight is 320 g/mol. The topological polar surface area (TPSA) is 80.3 Å². The molecule has 20 heavy (non-hydrogen) atoms. The van der Waals surface area contributed by atoms with Crippen molar-refractivity contribution in [2.75, 3.05) is 18.5 Å². The van der Waals surface area contributed by atoms with Crippen molar-refractivity contribution in [3.8, 4) is 0 Å². The zero-order chi connectivity index (χ0) is 15.0. The van der Waals surface area contributed by atoms with Crippen LogP contribution < -0.4 is 10.6 Å². The minimum absolute atomic E-state index is 0.190. The highest BCUT2D eigenvalue weighted by Gasteiger charge is 2.05. The summed E-state index contributed by atoms with van der Waals surface area (Å²) in [5.74, 6) is -0.276. The molecule has 0 aromatic carbocycles. The first-order valence-electron chi connectivity index (χ1n) is 6.05. The zero-order valence-electron chi connectivity index (χ0n) is 10.9. The average Bonchev–Trinajstić information content (AvgIpc) is 2.33. The van der Waals surface area contributed by atoms with E-state index >= 15 is 0 Å². The van der Waals surface area contributed by atoms with Crippen LogP contribution in [0.15, 0.2) is 12.1 Å². The summed E-state index contributed by atoms with van der Waals surface area (Å²) in [6.07, 6.45) is 0.769. The minimum Gasteiger partial charge on any atom is -0.466 e. The van der Waals surface area contributed by atoms with E-state index in [1.54, 1.807) is 6.92 Å². The van der Waals surface area contributed by atoms with Crippen LogP contribution in [-0.4, -0.2) is 30.1 Å². The fourth-order valence-corrected chi connectivity index (χ4v) is 1.84. The molecule has 1 aromatic heterocycles. The molecule has 0 saturated carbocycles. The summed E-state index contributed by atoms with van der Waals surface area (Å²) in [7, 11) is 0. The van der Waals surface area contributed by atoms with Gasteiger partial charge in [-0.15, -0.1) is 0 Å². The van der Waals surface area contributed by atoms with E-state index in [0.29, 0.717) is 25.3 Å². The Balaban J connectivity index is 2.28. The maximum atomic E-state index is 11.6. The molecule has 0 fully saturated rings. The number of nitrogens with one attached hydrogen (secondary N) is 2. The summed E-state index contributed by atoms with van der Waals surface area (Å²) in [4.78, 5) is 26.4. The predicted octanol–water partition coefficient (Wildman–Crippen LogP) is 2.85. The number of hydrogen-bond acceptors (Lipinski definition) is 4. The summed E-state index contributed by atoms with van der Waals surface area (Å²) in [6.45, 7) is 2.46. The first-order chi connectivity index (χ1) is 9.51. The number of urea groups is 1. The van der Waals surface area contributed by atoms with Gasteiger partial charge in [0.1, 0.15) is 10.3 Å². The van der Waals surface area contributed by atoms with Crippen LogP contribution in [0.4, 0.5) is 10.5 Å². The third kappa shape index (κ3) is 6.58. The lowest BCUT2D eigenvalue weighted by atomic mass is 10.3. The number of anilines is 1. The molecule has 1 rings (SSSR count). The molecule has 0 atom stereocenters. The normalized spacial score (nSPS) is 9.95. The van der Waals surface area contributed by atoms with E-state index in [9.17, 15) is 9.59 Å². The first-order valence-corrected chi connectivity index (χ1v) is 6.80. The van der Waals surface area contributed by atoms with Gasteiger partial charge in [-0.2, -0.15) is 0 Å². The van der Waals surface area contributed by atoms with Crippen LogP contribution >= 0.6 is 23.2 Å². The number of nitrogens with zero attached hydrogens (tertiary/aromatic N) is 1. The van der Waals surface area contributed by atoms with E-state index in [4.69, 9.17) is 27.9 Å². The number of amides is 2. The van der Waals surface area contributed by atoms with Gasteiger partial charge in [-0.1, -0.05) is 23.2 Å². The van der Waals surface area contributed by atoms with Crippen LogP contribution in [-0.2, 0) is 9.53 Å². The molecule has 0 bridgehead atoms. The number of carbonyl (C=O) groups is 2. The van der Waals surface area contributed by atoms with Crippen molar-refractivity contribution in [3.05, 3.63) is 22.4 Å². The molecule has 0 saturated heterocycles. The quantitative estimate of drug-likeness (QED) is 0.480. The molecule has 1 heterocycles. The van der Waals surface area contributed by atoms with Crippen molar-refractivity contribution in [2.45, 2.75) is 19.8 Å². The smallest absolute Gasteiger partial charge is 0.319 e. The fourth-order valence-electron chi connectivity index (χ4n) is 1.38. The lowest BCUT2D eigenvalue weighted by molar-refractivity contribution is -0.143. The summed E-state index contributed by atoms with van der Waals surface area (Å²) < 4.78 is 4.77. The van der Waals surface area contributed by atoms with Crippen LogP contribution in [0.5, 0.6) is 0 Å². The molecule has 8 heteroatoms. The van der Waals surface area contributed by atoms with Crippen LogP contribution in [0.3, 0.4) is 0 Å². The second kappa shape index (κ2) is 8.60. The van der Waals surface area contributed by atoms with Gasteiger partial charge in [0.25, 0.3) is 0 Å². The van der Waals surface area contributed by atoms with Gasteiger partial charge in [0.15, 0.2) is 0 Å². The molecule has 0 unspecified atom stereocenters. The van der Waals surface area contributed by atoms with Crippen molar-refractivity contribution in [3.63, 3.8) is 0 Å². The van der Waals surface area contributed by atoms with E-state index in [1.165, 1.54) is 12.1 Å². The lowest BCUT2D eigenvalue weighted by Gasteiger charge is -2.08. The summed E-state index contributed by atoms with van der Waals surface area (Å²) in [5.41, 5.74) is 0.442. The molecule has 0 aliphatic rings. The number of pyridine rings is 1. The van der Waals surface area contributed by atoms with Crippen molar-refractivity contribution < 1.29 is 14.3 Å². The van der Waals surface area contributed by atoms with Gasteiger partial charge in [-0.05, 0) is 25.5 Å². The molecule has 110 valence electrons. The standard InChI is InChI=1S/C12H15Cl2N3O3/c1-2-20-11(18)4-3-5-15-12(19)16-8-6-9(13)17-10(14)7-8/h6-7H,2-5H2,1H3,(H2,15,16,17,19). The van der Waals surface area contributed by atoms with Gasteiger partial charge in [0.05, 0.1) is 6.61 Å². The lowest BCUT2D eigenvalue weighted by Crippen LogP contribution is -2.29. The Hall–Kier alpha value is -1.53. The molecule has 0 aliphatic heterocycles. The van der Waals surface area contributed by atoms with Crippen molar-refractivity contribution in [1.82, 2.24) is 10.3 Å². The fraction of sp³-hybridized carbons (Fsp3) is 0.417. The number of esters is 1. The molecular formula is C12H15Cl2N3O3. The monoisotopic (exact) mass is 319 g/mol. The van der Waals surface area contributed by atoms with Gasteiger partial charge < -0.3 is 15.4 Å². The second-order valence-electron chi connectivity index (χ2n) is 3.79. The molecular weight excluding hydrogens is 305 g/mol. The molecule has 0 spiro atoms. The van der Waals surface area contributed by atoms with Crippen LogP contribution in [0, 0.1) is 0 Å². The number of ether oxygens (including phenoxy) is 1. The molecule has 1 aromatic rings. The number of rotatable bonds is 6. The van der Waals surface area contributed by atoms with Crippen molar-refractivity contribution in [2.24, 2.45) is 0 Å². The SMILES string of the molecule is CCOC(=O)CCCNC(=O)Nc1cc(Cl)nc(Cl)c1. The predicted molar refractivity (Wildman–Crippen MR) is 77.1 cm³/mol.